The number of hydrogen-bond donors (Lipinski definition) is 3. The van der Waals surface area contributed by atoms with E-state index in [-0.39, 0.29) is 23.4 Å². The number of fused-ring (bicyclic) bond motifs is 2. The quantitative estimate of drug-likeness (QED) is 0.0440. The van der Waals surface area contributed by atoms with Crippen molar-refractivity contribution in [1.29, 1.82) is 0 Å². The number of aryl methyl sites for hydroxylation is 1. The molecule has 0 bridgehead atoms. The molecular formula is C65H97N11S. The van der Waals surface area contributed by atoms with Crippen LogP contribution in [0, 0.1) is 23.2 Å². The Hall–Kier alpha value is -4.46. The van der Waals surface area contributed by atoms with Crippen molar-refractivity contribution in [2.75, 3.05) is 70.3 Å². The second kappa shape index (κ2) is 24.1. The first-order valence-corrected chi connectivity index (χ1v) is 31.3. The summed E-state index contributed by atoms with van der Waals surface area (Å²) in [6.07, 6.45) is 18.3. The number of hydrazine groups is 1. The smallest absolute Gasteiger partial charge is 0.0957 e. The van der Waals surface area contributed by atoms with Crippen LogP contribution in [0.3, 0.4) is 0 Å². The number of nitrogens with zero attached hydrogens (tertiary/aromatic N) is 8. The Kier molecular flexibility index (Phi) is 17.5. The van der Waals surface area contributed by atoms with Gasteiger partial charge in [0.1, 0.15) is 0 Å². The predicted molar refractivity (Wildman–Crippen MR) is 325 cm³/mol. The molecule has 0 radical (unpaired) electrons. The molecule has 1 aliphatic carbocycles. The van der Waals surface area contributed by atoms with E-state index in [0.29, 0.717) is 30.0 Å². The highest BCUT2D eigenvalue weighted by Crippen LogP contribution is 2.45. The average Bonchev–Trinajstić information content (AvgIpc) is 4.32. The molecule has 11 nitrogen and oxygen atoms in total. The number of thiazole rings is 1. The fourth-order valence-electron chi connectivity index (χ4n) is 14.1. The van der Waals surface area contributed by atoms with Crippen molar-refractivity contribution in [3.05, 3.63) is 102 Å². The highest BCUT2D eigenvalue weighted by molar-refractivity contribution is 7.10. The van der Waals surface area contributed by atoms with E-state index >= 15 is 0 Å². The first-order chi connectivity index (χ1) is 37.1. The minimum atomic E-state index is -0.0600. The summed E-state index contributed by atoms with van der Waals surface area (Å²) in [4.78, 5) is 21.5. The van der Waals surface area contributed by atoms with Crippen molar-refractivity contribution in [2.45, 2.75) is 175 Å². The zero-order chi connectivity index (χ0) is 54.1. The summed E-state index contributed by atoms with van der Waals surface area (Å²) in [6, 6.07) is 11.6. The number of aromatic nitrogens is 3. The number of hydrogen-bond acceptors (Lipinski definition) is 11. The van der Waals surface area contributed by atoms with Gasteiger partial charge >= 0.3 is 0 Å². The molecule has 77 heavy (non-hydrogen) atoms. The zero-order valence-corrected chi connectivity index (χ0v) is 49.6. The van der Waals surface area contributed by atoms with Crippen LogP contribution in [-0.4, -0.2) is 130 Å². The van der Waals surface area contributed by atoms with E-state index < -0.39 is 0 Å². The lowest BCUT2D eigenvalue weighted by Crippen LogP contribution is -2.54. The fraction of sp³-hybridized carbons (Fsp3) is 0.631. The van der Waals surface area contributed by atoms with Crippen LogP contribution >= 0.6 is 11.3 Å². The molecule has 5 saturated heterocycles. The molecule has 6 atom stereocenters. The molecule has 3 N–H and O–H groups in total. The molecule has 0 spiro atoms. The predicted octanol–water partition coefficient (Wildman–Crippen LogP) is 12.2. The fourth-order valence-corrected chi connectivity index (χ4v) is 15.0. The van der Waals surface area contributed by atoms with Gasteiger partial charge in [-0.25, -0.2) is 10.4 Å². The van der Waals surface area contributed by atoms with Crippen LogP contribution < -0.4 is 21.0 Å². The number of anilines is 1. The third-order valence-corrected chi connectivity index (χ3v) is 19.5. The Morgan fingerprint density at radius 2 is 1.78 bits per heavy atom. The first-order valence-electron chi connectivity index (χ1n) is 30.4. The number of benzene rings is 1. The maximum atomic E-state index is 5.50. The Morgan fingerprint density at radius 3 is 2.51 bits per heavy atom. The van der Waals surface area contributed by atoms with Crippen molar-refractivity contribution >= 4 is 27.9 Å². The van der Waals surface area contributed by atoms with Crippen molar-refractivity contribution in [1.82, 2.24) is 50.3 Å². The second-order valence-electron chi connectivity index (χ2n) is 25.6. The lowest BCUT2D eigenvalue weighted by molar-refractivity contribution is 0.133. The van der Waals surface area contributed by atoms with Crippen LogP contribution in [0.4, 0.5) is 5.69 Å². The number of rotatable bonds is 25. The lowest BCUT2D eigenvalue weighted by atomic mass is 9.80. The van der Waals surface area contributed by atoms with Crippen LogP contribution in [0.1, 0.15) is 142 Å². The third-order valence-electron chi connectivity index (χ3n) is 18.6. The maximum absolute atomic E-state index is 5.50. The van der Waals surface area contributed by atoms with Crippen molar-refractivity contribution < 1.29 is 0 Å². The minimum Gasteiger partial charge on any atom is -0.379 e. The Morgan fingerprint density at radius 1 is 0.961 bits per heavy atom. The molecule has 5 aliphatic heterocycles. The number of likely N-dealkylation sites (tertiary alicyclic amines) is 1. The topological polar surface area (TPSA) is 92.9 Å². The molecule has 8 heterocycles. The average molecular weight is 1060 g/mol. The van der Waals surface area contributed by atoms with E-state index in [9.17, 15) is 0 Å². The molecule has 6 fully saturated rings. The van der Waals surface area contributed by atoms with Crippen molar-refractivity contribution in [2.24, 2.45) is 23.2 Å². The molecule has 6 unspecified atom stereocenters. The number of piperazine rings is 1. The van der Waals surface area contributed by atoms with Crippen molar-refractivity contribution in [3.8, 4) is 22.5 Å². The van der Waals surface area contributed by atoms with Gasteiger partial charge in [0.2, 0.25) is 0 Å². The molecule has 3 aromatic heterocycles. The van der Waals surface area contributed by atoms with Gasteiger partial charge in [-0.2, -0.15) is 0 Å². The van der Waals surface area contributed by atoms with E-state index in [0.717, 1.165) is 126 Å². The summed E-state index contributed by atoms with van der Waals surface area (Å²) in [7, 11) is 0. The van der Waals surface area contributed by atoms with Crippen LogP contribution in [0.2, 0.25) is 0 Å². The Bertz CT molecular complexity index is 2720. The first kappa shape index (κ1) is 55.8. The van der Waals surface area contributed by atoms with Gasteiger partial charge in [-0.15, -0.1) is 17.9 Å². The maximum Gasteiger partial charge on any atom is 0.0957 e. The second-order valence-corrected chi connectivity index (χ2v) is 26.5. The van der Waals surface area contributed by atoms with Gasteiger partial charge in [0.05, 0.1) is 52.1 Å². The van der Waals surface area contributed by atoms with Gasteiger partial charge < -0.3 is 30.0 Å². The third kappa shape index (κ3) is 12.5. The number of piperidine rings is 1. The number of pyridine rings is 1. The van der Waals surface area contributed by atoms with Gasteiger partial charge in [0.25, 0.3) is 0 Å². The summed E-state index contributed by atoms with van der Waals surface area (Å²) < 4.78 is 2.60. The summed E-state index contributed by atoms with van der Waals surface area (Å²) in [5, 5.41) is 14.8. The highest BCUT2D eigenvalue weighted by Gasteiger charge is 2.49. The van der Waals surface area contributed by atoms with Gasteiger partial charge in [-0.3, -0.25) is 14.8 Å². The molecule has 1 saturated carbocycles. The van der Waals surface area contributed by atoms with E-state index in [4.69, 9.17) is 23.1 Å². The monoisotopic (exact) mass is 1060 g/mol. The van der Waals surface area contributed by atoms with Crippen LogP contribution in [-0.2, 0) is 19.4 Å². The molecule has 10 rings (SSSR count). The van der Waals surface area contributed by atoms with E-state index in [1.807, 2.05) is 0 Å². The molecule has 4 aromatic rings. The van der Waals surface area contributed by atoms with Gasteiger partial charge in [0, 0.05) is 122 Å². The van der Waals surface area contributed by atoms with Crippen LogP contribution in [0.25, 0.3) is 33.4 Å². The summed E-state index contributed by atoms with van der Waals surface area (Å²) in [5.41, 5.74) is 17.2. The van der Waals surface area contributed by atoms with Gasteiger partial charge in [-0.05, 0) is 144 Å². The van der Waals surface area contributed by atoms with Crippen molar-refractivity contribution in [3.63, 3.8) is 0 Å². The van der Waals surface area contributed by atoms with Crippen LogP contribution in [0.5, 0.6) is 0 Å². The number of allylic oxidation sites excluding steroid dienone is 1. The van der Waals surface area contributed by atoms with Crippen LogP contribution in [0.15, 0.2) is 85.3 Å². The Labute approximate surface area is 468 Å². The summed E-state index contributed by atoms with van der Waals surface area (Å²) >= 11 is 1.77. The standard InChI is InChI=1S/C65H97N11S/c1-13-16-27-65(11,12)37-55-53-34-50(24-25-58(53)75(15-3)64(55)54-35-52(38-66-60(54)43(4)5)73-33-32-72-29-19-17-21-51(72)41-73)57-42-77-59(69-57)36-56(46(9)76-30-20-18-28-67-76)68-45(8)63(44(6)7)74-31-26-48(40-74)39-71(14-2)47(10)61-62(70-61)49-22-23-49/h13,24-25,34-35,38,42-44,48-49,51,56,61-63,67-68,70H,1,8-10,14-23,26-33,36-37,39-41H2,2-7,11-12H3. The largest absolute Gasteiger partial charge is 0.379 e. The zero-order valence-electron chi connectivity index (χ0n) is 48.8. The molecule has 1 aromatic carbocycles. The molecule has 418 valence electrons. The SMILES string of the molecule is C=CCCC(C)(C)Cc1c(-c2cc(N3CCN4CCCCC4C3)cnc2C(C)C)n(CC)c2ccc(-c3csc(CC(NC(=C)C(C(C)C)N4CCC(CN(CC)C(=C)C5NC5C5CC5)C4)C(=C)N4CCCCN4)n3)cc12. The van der Waals surface area contributed by atoms with E-state index in [2.05, 4.69) is 156 Å². The van der Waals surface area contributed by atoms with E-state index in [1.165, 1.54) is 102 Å². The van der Waals surface area contributed by atoms with E-state index in [1.54, 1.807) is 11.3 Å². The Balaban J connectivity index is 0.923. The normalized spacial score (nSPS) is 23.1. The number of nitrogens with one attached hydrogen (secondary N) is 3. The van der Waals surface area contributed by atoms with Gasteiger partial charge in [-0.1, -0.05) is 79.8 Å². The summed E-state index contributed by atoms with van der Waals surface area (Å²) in [5.74, 6) is 2.16. The van der Waals surface area contributed by atoms with Gasteiger partial charge in [0.15, 0.2) is 0 Å². The molecule has 6 aliphatic rings. The highest BCUT2D eigenvalue weighted by atomic mass is 32.1. The number of likely N-dealkylation sites (N-methyl/N-ethyl adjacent to an activating group) is 1. The minimum absolute atomic E-state index is 0.0568. The summed E-state index contributed by atoms with van der Waals surface area (Å²) in [6.45, 7) is 48.8. The molecule has 0 amide bonds. The molecular weight excluding hydrogens is 967 g/mol. The molecule has 12 heteroatoms. The lowest BCUT2D eigenvalue weighted by Gasteiger charge is -2.45.